The molecule has 3 rings (SSSR count). The Labute approximate surface area is 139 Å². The van der Waals surface area contributed by atoms with Gasteiger partial charge < -0.3 is 9.64 Å². The number of amides is 2. The van der Waals surface area contributed by atoms with E-state index in [0.717, 1.165) is 11.3 Å². The second-order valence-electron chi connectivity index (χ2n) is 5.60. The average Bonchev–Trinajstić information content (AvgIpc) is 2.58. The number of hydrogen-bond donors (Lipinski definition) is 1. The van der Waals surface area contributed by atoms with Gasteiger partial charge >= 0.3 is 0 Å². The molecule has 1 aromatic carbocycles. The number of nitrogens with zero attached hydrogens (tertiary/aromatic N) is 3. The Bertz CT molecular complexity index is 751. The van der Waals surface area contributed by atoms with Crippen LogP contribution in [0.3, 0.4) is 0 Å². The number of ether oxygens (including phenoxy) is 1. The molecule has 1 aliphatic rings. The topological polar surface area (TPSA) is 84.4 Å². The van der Waals surface area contributed by atoms with Crippen LogP contribution >= 0.6 is 0 Å². The summed E-state index contributed by atoms with van der Waals surface area (Å²) in [6.45, 7) is 1.68. The van der Waals surface area contributed by atoms with Crippen LogP contribution in [0.25, 0.3) is 0 Å². The fourth-order valence-electron chi connectivity index (χ4n) is 2.67. The summed E-state index contributed by atoms with van der Waals surface area (Å²) in [7, 11) is 1.67. The van der Waals surface area contributed by atoms with Gasteiger partial charge in [-0.1, -0.05) is 30.3 Å². The molecular weight excluding hydrogens is 308 g/mol. The Kier molecular flexibility index (Phi) is 4.52. The molecule has 0 unspecified atom stereocenters. The van der Waals surface area contributed by atoms with E-state index < -0.39 is 12.1 Å². The van der Waals surface area contributed by atoms with Crippen LogP contribution in [0.5, 0.6) is 0 Å². The highest BCUT2D eigenvalue weighted by atomic mass is 16.5. The van der Waals surface area contributed by atoms with Crippen LogP contribution in [-0.4, -0.2) is 46.4 Å². The molecule has 1 saturated heterocycles. The molecule has 1 aromatic heterocycles. The van der Waals surface area contributed by atoms with Gasteiger partial charge in [0.15, 0.2) is 6.10 Å². The maximum absolute atomic E-state index is 12.7. The molecule has 1 fully saturated rings. The molecule has 124 valence electrons. The number of likely N-dealkylation sites (N-methyl/N-ethyl adjacent to an activating group) is 1. The third-order valence-electron chi connectivity index (χ3n) is 3.91. The quantitative estimate of drug-likeness (QED) is 0.919. The summed E-state index contributed by atoms with van der Waals surface area (Å²) in [5.41, 5.74) is 1.58. The highest BCUT2D eigenvalue weighted by molar-refractivity contribution is 5.94. The smallest absolute Gasteiger partial charge is 0.258 e. The fraction of sp³-hybridized carbons (Fsp3) is 0.294. The fourth-order valence-corrected chi connectivity index (χ4v) is 2.67. The number of aryl methyl sites for hydroxylation is 1. The van der Waals surface area contributed by atoms with Crippen molar-refractivity contribution in [3.05, 3.63) is 53.9 Å². The minimum absolute atomic E-state index is 0.132. The number of aromatic nitrogens is 2. The minimum Gasteiger partial charge on any atom is -0.356 e. The van der Waals surface area contributed by atoms with Crippen molar-refractivity contribution < 1.29 is 14.3 Å². The molecule has 1 aliphatic heterocycles. The van der Waals surface area contributed by atoms with Crippen LogP contribution in [0.4, 0.5) is 5.95 Å². The van der Waals surface area contributed by atoms with Crippen molar-refractivity contribution in [1.82, 2.24) is 14.9 Å². The van der Waals surface area contributed by atoms with Gasteiger partial charge in [0.2, 0.25) is 11.9 Å². The SMILES string of the molecule is Cc1ccnc(NC(=O)[C@H]2OCC(=O)N(C)[C@@H]2c2ccccc2)n1. The van der Waals surface area contributed by atoms with Crippen molar-refractivity contribution in [3.8, 4) is 0 Å². The van der Waals surface area contributed by atoms with Crippen molar-refractivity contribution in [1.29, 1.82) is 0 Å². The highest BCUT2D eigenvalue weighted by Crippen LogP contribution is 2.29. The summed E-state index contributed by atoms with van der Waals surface area (Å²) in [5, 5.41) is 2.66. The molecule has 0 spiro atoms. The third-order valence-corrected chi connectivity index (χ3v) is 3.91. The number of rotatable bonds is 3. The monoisotopic (exact) mass is 326 g/mol. The lowest BCUT2D eigenvalue weighted by Gasteiger charge is -2.38. The van der Waals surface area contributed by atoms with Crippen LogP contribution in [-0.2, 0) is 14.3 Å². The summed E-state index contributed by atoms with van der Waals surface area (Å²) in [4.78, 5) is 34.4. The maximum Gasteiger partial charge on any atom is 0.258 e. The van der Waals surface area contributed by atoms with Crippen LogP contribution in [0.2, 0.25) is 0 Å². The Balaban J connectivity index is 1.86. The van der Waals surface area contributed by atoms with E-state index in [1.807, 2.05) is 37.3 Å². The number of benzene rings is 1. The second kappa shape index (κ2) is 6.76. The van der Waals surface area contributed by atoms with Gasteiger partial charge in [-0.05, 0) is 18.6 Å². The van der Waals surface area contributed by atoms with Gasteiger partial charge in [-0.15, -0.1) is 0 Å². The minimum atomic E-state index is -0.834. The van der Waals surface area contributed by atoms with Crippen LogP contribution in [0.15, 0.2) is 42.6 Å². The largest absolute Gasteiger partial charge is 0.356 e. The Morgan fingerprint density at radius 3 is 2.75 bits per heavy atom. The van der Waals surface area contributed by atoms with Crippen molar-refractivity contribution in [2.45, 2.75) is 19.1 Å². The van der Waals surface area contributed by atoms with Crippen molar-refractivity contribution >= 4 is 17.8 Å². The third kappa shape index (κ3) is 3.26. The van der Waals surface area contributed by atoms with Crippen molar-refractivity contribution in [2.75, 3.05) is 19.0 Å². The van der Waals surface area contributed by atoms with Gasteiger partial charge in [0.1, 0.15) is 6.61 Å². The standard InChI is InChI=1S/C17H18N4O3/c1-11-8-9-18-17(19-11)20-16(23)15-14(12-6-4-3-5-7-12)21(2)13(22)10-24-15/h3-9,14-15H,10H2,1-2H3,(H,18,19,20,23)/t14-,15+/m1/s1. The molecule has 2 atom stereocenters. The summed E-state index contributed by atoms with van der Waals surface area (Å²) in [6, 6.07) is 10.6. The molecule has 7 nitrogen and oxygen atoms in total. The lowest BCUT2D eigenvalue weighted by molar-refractivity contribution is -0.160. The molecule has 0 saturated carbocycles. The van der Waals surface area contributed by atoms with E-state index in [-0.39, 0.29) is 24.4 Å². The Morgan fingerprint density at radius 1 is 1.29 bits per heavy atom. The maximum atomic E-state index is 12.7. The molecule has 0 radical (unpaired) electrons. The second-order valence-corrected chi connectivity index (χ2v) is 5.60. The number of carbonyl (C=O) groups excluding carboxylic acids is 2. The zero-order valence-electron chi connectivity index (χ0n) is 13.5. The van der Waals surface area contributed by atoms with Crippen molar-refractivity contribution in [2.24, 2.45) is 0 Å². The highest BCUT2D eigenvalue weighted by Gasteiger charge is 2.40. The molecule has 0 aliphatic carbocycles. The molecule has 7 heteroatoms. The molecule has 24 heavy (non-hydrogen) atoms. The van der Waals surface area contributed by atoms with E-state index >= 15 is 0 Å². The first kappa shape index (κ1) is 16.1. The van der Waals surface area contributed by atoms with E-state index in [1.54, 1.807) is 24.2 Å². The van der Waals surface area contributed by atoms with Crippen LogP contribution < -0.4 is 5.32 Å². The first-order chi connectivity index (χ1) is 11.6. The summed E-state index contributed by atoms with van der Waals surface area (Å²) >= 11 is 0. The van der Waals surface area contributed by atoms with Crippen LogP contribution in [0.1, 0.15) is 17.3 Å². The number of morpholine rings is 1. The predicted molar refractivity (Wildman–Crippen MR) is 87.1 cm³/mol. The van der Waals surface area contributed by atoms with Gasteiger partial charge in [0.25, 0.3) is 5.91 Å². The van der Waals surface area contributed by atoms with Gasteiger partial charge in [0.05, 0.1) is 6.04 Å². The van der Waals surface area contributed by atoms with Gasteiger partial charge in [0, 0.05) is 18.9 Å². The van der Waals surface area contributed by atoms with E-state index in [1.165, 1.54) is 0 Å². The lowest BCUT2D eigenvalue weighted by atomic mass is 9.98. The van der Waals surface area contributed by atoms with E-state index in [9.17, 15) is 9.59 Å². The average molecular weight is 326 g/mol. The molecular formula is C17H18N4O3. The molecule has 0 bridgehead atoms. The van der Waals surface area contributed by atoms with E-state index in [2.05, 4.69) is 15.3 Å². The zero-order valence-corrected chi connectivity index (χ0v) is 13.5. The van der Waals surface area contributed by atoms with Gasteiger partial charge in [-0.3, -0.25) is 14.9 Å². The van der Waals surface area contributed by atoms with Crippen LogP contribution in [0, 0.1) is 6.92 Å². The lowest BCUT2D eigenvalue weighted by Crippen LogP contribution is -2.51. The zero-order chi connectivity index (χ0) is 17.1. The van der Waals surface area contributed by atoms with Gasteiger partial charge in [-0.2, -0.15) is 0 Å². The van der Waals surface area contributed by atoms with Gasteiger partial charge in [-0.25, -0.2) is 9.97 Å². The summed E-state index contributed by atoms with van der Waals surface area (Å²) in [6.07, 6.45) is 0.739. The first-order valence-electron chi connectivity index (χ1n) is 7.59. The van der Waals surface area contributed by atoms with E-state index in [4.69, 9.17) is 4.74 Å². The van der Waals surface area contributed by atoms with Crippen molar-refractivity contribution in [3.63, 3.8) is 0 Å². The molecule has 2 heterocycles. The first-order valence-corrected chi connectivity index (χ1v) is 7.59. The predicted octanol–water partition coefficient (Wildman–Crippen LogP) is 1.32. The number of anilines is 1. The Morgan fingerprint density at radius 2 is 2.04 bits per heavy atom. The molecule has 2 amide bonds. The summed E-state index contributed by atoms with van der Waals surface area (Å²) in [5.74, 6) is -0.330. The normalized spacial score (nSPS) is 20.8. The summed E-state index contributed by atoms with van der Waals surface area (Å²) < 4.78 is 5.53. The number of hydrogen-bond acceptors (Lipinski definition) is 5. The molecule has 2 aromatic rings. The van der Waals surface area contributed by atoms with E-state index in [0.29, 0.717) is 0 Å². The number of nitrogens with one attached hydrogen (secondary N) is 1. The Hall–Kier alpha value is -2.80. The number of carbonyl (C=O) groups is 2. The molecule has 1 N–H and O–H groups in total.